The molecular formula is C12H7Cl2F2N5S. The van der Waals surface area contributed by atoms with Gasteiger partial charge in [-0.05, 0) is 0 Å². The summed E-state index contributed by atoms with van der Waals surface area (Å²) >= 11 is 12.7. The number of rotatable bonds is 4. The molecule has 0 amide bonds. The Hall–Kier alpha value is -1.64. The van der Waals surface area contributed by atoms with E-state index in [9.17, 15) is 8.78 Å². The standard InChI is InChI=1S/C12H7Cl2F2N5S/c13-6-1-17-9(18-2-6)5-21-4-7(10(15)16)20-11(21)8-3-19-12(14)22-8/h1-4,10H,5H2. The third kappa shape index (κ3) is 3.23. The maximum Gasteiger partial charge on any atom is 0.281 e. The first-order valence-electron chi connectivity index (χ1n) is 5.96. The SMILES string of the molecule is FC(F)c1cn(Cc2ncc(Cl)cn2)c(-c2cnc(Cl)s2)n1. The highest BCUT2D eigenvalue weighted by Gasteiger charge is 2.19. The zero-order chi connectivity index (χ0) is 15.7. The van der Waals surface area contributed by atoms with Crippen molar-refractivity contribution in [3.05, 3.63) is 45.8 Å². The van der Waals surface area contributed by atoms with Crippen molar-refractivity contribution in [2.45, 2.75) is 13.0 Å². The largest absolute Gasteiger partial charge is 0.322 e. The van der Waals surface area contributed by atoms with Crippen LogP contribution in [0.15, 0.2) is 24.8 Å². The molecule has 3 aromatic rings. The van der Waals surface area contributed by atoms with E-state index in [-0.39, 0.29) is 12.2 Å². The molecule has 0 unspecified atom stereocenters. The van der Waals surface area contributed by atoms with E-state index in [1.165, 1.54) is 29.4 Å². The van der Waals surface area contributed by atoms with Gasteiger partial charge in [0.15, 0.2) is 10.3 Å². The number of halogens is 4. The summed E-state index contributed by atoms with van der Waals surface area (Å²) in [7, 11) is 0. The monoisotopic (exact) mass is 361 g/mol. The van der Waals surface area contributed by atoms with Crippen LogP contribution in [0.5, 0.6) is 0 Å². The summed E-state index contributed by atoms with van der Waals surface area (Å²) in [5.74, 6) is 0.776. The Morgan fingerprint density at radius 1 is 1.14 bits per heavy atom. The first-order chi connectivity index (χ1) is 10.5. The van der Waals surface area contributed by atoms with Gasteiger partial charge in [0, 0.05) is 18.6 Å². The van der Waals surface area contributed by atoms with Crippen LogP contribution in [0.4, 0.5) is 8.78 Å². The first kappa shape index (κ1) is 15.3. The third-order valence-corrected chi connectivity index (χ3v) is 4.01. The highest BCUT2D eigenvalue weighted by molar-refractivity contribution is 7.18. The minimum Gasteiger partial charge on any atom is -0.322 e. The molecule has 0 N–H and O–H groups in total. The van der Waals surface area contributed by atoms with Crippen LogP contribution in [0.1, 0.15) is 17.9 Å². The van der Waals surface area contributed by atoms with E-state index in [1.54, 1.807) is 0 Å². The van der Waals surface area contributed by atoms with Gasteiger partial charge >= 0.3 is 0 Å². The van der Waals surface area contributed by atoms with Crippen molar-refractivity contribution in [3.63, 3.8) is 0 Å². The predicted molar refractivity (Wildman–Crippen MR) is 79.4 cm³/mol. The molecule has 5 nitrogen and oxygen atoms in total. The van der Waals surface area contributed by atoms with Gasteiger partial charge in [0.1, 0.15) is 11.5 Å². The molecule has 0 saturated heterocycles. The van der Waals surface area contributed by atoms with Gasteiger partial charge in [0.05, 0.1) is 22.6 Å². The average Bonchev–Trinajstić information content (AvgIpc) is 3.08. The van der Waals surface area contributed by atoms with Gasteiger partial charge < -0.3 is 4.57 Å². The predicted octanol–water partition coefficient (Wildman–Crippen LogP) is 4.09. The Kier molecular flexibility index (Phi) is 4.32. The lowest BCUT2D eigenvalue weighted by atomic mass is 10.4. The Morgan fingerprint density at radius 3 is 2.45 bits per heavy atom. The Labute approximate surface area is 137 Å². The van der Waals surface area contributed by atoms with Gasteiger partial charge in [0.2, 0.25) is 0 Å². The van der Waals surface area contributed by atoms with E-state index in [2.05, 4.69) is 19.9 Å². The van der Waals surface area contributed by atoms with Crippen molar-refractivity contribution in [3.8, 4) is 10.7 Å². The molecule has 0 saturated carbocycles. The average molecular weight is 362 g/mol. The molecule has 0 aliphatic carbocycles. The molecule has 114 valence electrons. The fourth-order valence-corrected chi connectivity index (χ4v) is 2.83. The maximum atomic E-state index is 12.9. The molecule has 3 heterocycles. The lowest BCUT2D eigenvalue weighted by molar-refractivity contribution is 0.146. The van der Waals surface area contributed by atoms with Crippen LogP contribution < -0.4 is 0 Å². The lowest BCUT2D eigenvalue weighted by Gasteiger charge is -2.04. The molecule has 0 bridgehead atoms. The highest BCUT2D eigenvalue weighted by atomic mass is 35.5. The summed E-state index contributed by atoms with van der Waals surface area (Å²) in [6.45, 7) is 0.182. The lowest BCUT2D eigenvalue weighted by Crippen LogP contribution is -2.04. The van der Waals surface area contributed by atoms with E-state index < -0.39 is 6.43 Å². The van der Waals surface area contributed by atoms with Crippen molar-refractivity contribution < 1.29 is 8.78 Å². The quantitative estimate of drug-likeness (QED) is 0.702. The third-order valence-electron chi connectivity index (χ3n) is 2.70. The molecule has 0 radical (unpaired) electrons. The molecule has 22 heavy (non-hydrogen) atoms. The van der Waals surface area contributed by atoms with Crippen molar-refractivity contribution in [1.82, 2.24) is 24.5 Å². The Balaban J connectivity index is 1.99. The smallest absolute Gasteiger partial charge is 0.281 e. The van der Waals surface area contributed by atoms with Crippen molar-refractivity contribution in [1.29, 1.82) is 0 Å². The van der Waals surface area contributed by atoms with E-state index in [1.807, 2.05) is 0 Å². The molecule has 10 heteroatoms. The summed E-state index contributed by atoms with van der Waals surface area (Å²) in [5.41, 5.74) is -0.325. The van der Waals surface area contributed by atoms with Crippen LogP contribution in [0.3, 0.4) is 0 Å². The van der Waals surface area contributed by atoms with E-state index in [0.717, 1.165) is 11.3 Å². The molecule has 0 aliphatic heterocycles. The molecular weight excluding hydrogens is 355 g/mol. The van der Waals surface area contributed by atoms with Crippen molar-refractivity contribution in [2.75, 3.05) is 0 Å². The molecule has 3 aromatic heterocycles. The molecule has 0 aromatic carbocycles. The summed E-state index contributed by atoms with van der Waals surface area (Å²) < 4.78 is 27.7. The fourth-order valence-electron chi connectivity index (χ4n) is 1.79. The van der Waals surface area contributed by atoms with Crippen molar-refractivity contribution >= 4 is 34.5 Å². The van der Waals surface area contributed by atoms with Gasteiger partial charge in [0.25, 0.3) is 6.43 Å². The Bertz CT molecular complexity index is 787. The fraction of sp³-hybridized carbons (Fsp3) is 0.167. The van der Waals surface area contributed by atoms with Crippen LogP contribution in [0, 0.1) is 0 Å². The Morgan fingerprint density at radius 2 is 1.86 bits per heavy atom. The summed E-state index contributed by atoms with van der Waals surface area (Å²) in [4.78, 5) is 16.5. The second-order valence-electron chi connectivity index (χ2n) is 4.21. The molecule has 0 aliphatic rings. The second-order valence-corrected chi connectivity index (χ2v) is 6.26. The summed E-state index contributed by atoms with van der Waals surface area (Å²) in [5, 5.41) is 0.400. The molecule has 0 spiro atoms. The van der Waals surface area contributed by atoms with Gasteiger partial charge in [-0.1, -0.05) is 34.5 Å². The van der Waals surface area contributed by atoms with Gasteiger partial charge in [-0.2, -0.15) is 0 Å². The van der Waals surface area contributed by atoms with Crippen LogP contribution in [0.2, 0.25) is 9.49 Å². The van der Waals surface area contributed by atoms with Gasteiger partial charge in [-0.25, -0.2) is 28.7 Å². The van der Waals surface area contributed by atoms with E-state index in [0.29, 0.717) is 26.0 Å². The zero-order valence-corrected chi connectivity index (χ0v) is 13.1. The zero-order valence-electron chi connectivity index (χ0n) is 10.8. The highest BCUT2D eigenvalue weighted by Crippen LogP contribution is 2.30. The van der Waals surface area contributed by atoms with Gasteiger partial charge in [-0.15, -0.1) is 0 Å². The number of hydrogen-bond acceptors (Lipinski definition) is 5. The second kappa shape index (κ2) is 6.23. The normalized spacial score (nSPS) is 11.3. The number of aromatic nitrogens is 5. The topological polar surface area (TPSA) is 56.5 Å². The molecule has 0 atom stereocenters. The number of hydrogen-bond donors (Lipinski definition) is 0. The van der Waals surface area contributed by atoms with Crippen LogP contribution in [-0.4, -0.2) is 24.5 Å². The van der Waals surface area contributed by atoms with Gasteiger partial charge in [-0.3, -0.25) is 0 Å². The number of thiazole rings is 1. The molecule has 0 fully saturated rings. The van der Waals surface area contributed by atoms with E-state index in [4.69, 9.17) is 23.2 Å². The van der Waals surface area contributed by atoms with Crippen LogP contribution >= 0.6 is 34.5 Å². The molecule has 3 rings (SSSR count). The maximum absolute atomic E-state index is 12.9. The summed E-state index contributed by atoms with van der Waals surface area (Å²) in [6.07, 6.45) is 2.97. The minimum absolute atomic E-state index is 0.182. The number of imidazole rings is 1. The van der Waals surface area contributed by atoms with E-state index >= 15 is 0 Å². The minimum atomic E-state index is -2.67. The number of alkyl halides is 2. The van der Waals surface area contributed by atoms with Crippen LogP contribution in [0.25, 0.3) is 10.7 Å². The summed E-state index contributed by atoms with van der Waals surface area (Å²) in [6, 6.07) is 0. The number of nitrogens with zero attached hydrogens (tertiary/aromatic N) is 5. The van der Waals surface area contributed by atoms with Crippen molar-refractivity contribution in [2.24, 2.45) is 0 Å². The van der Waals surface area contributed by atoms with Crippen LogP contribution in [-0.2, 0) is 6.54 Å². The first-order valence-corrected chi connectivity index (χ1v) is 7.53.